The first-order chi connectivity index (χ1) is 11.8. The topological polar surface area (TPSA) is 58.2 Å². The van der Waals surface area contributed by atoms with Gasteiger partial charge in [-0.15, -0.1) is 0 Å². The van der Waals surface area contributed by atoms with E-state index in [0.717, 1.165) is 5.56 Å². The van der Waals surface area contributed by atoms with E-state index in [2.05, 4.69) is 10.6 Å². The van der Waals surface area contributed by atoms with E-state index in [9.17, 15) is 9.59 Å². The Kier molecular flexibility index (Phi) is 6.21. The largest absolute Gasteiger partial charge is 0.347 e. The van der Waals surface area contributed by atoms with Crippen LogP contribution in [0.4, 0.5) is 5.69 Å². The molecule has 0 aliphatic rings. The fourth-order valence-electron chi connectivity index (χ4n) is 2.36. The van der Waals surface area contributed by atoms with Crippen molar-refractivity contribution in [3.8, 4) is 0 Å². The van der Waals surface area contributed by atoms with Gasteiger partial charge < -0.3 is 10.6 Å². The number of nitrogens with one attached hydrogen (secondary N) is 2. The molecule has 0 saturated carbocycles. The fraction of sp³-hybridized carbons (Fsp3) is 0.300. The highest BCUT2D eigenvalue weighted by molar-refractivity contribution is 6.31. The molecule has 2 amide bonds. The van der Waals surface area contributed by atoms with Gasteiger partial charge in [-0.2, -0.15) is 0 Å². The Balaban J connectivity index is 2.04. The van der Waals surface area contributed by atoms with Crippen LogP contribution in [0.25, 0.3) is 0 Å². The van der Waals surface area contributed by atoms with Gasteiger partial charge in [0.2, 0.25) is 5.91 Å². The minimum atomic E-state index is -0.349. The van der Waals surface area contributed by atoms with E-state index >= 15 is 0 Å². The summed E-state index contributed by atoms with van der Waals surface area (Å²) in [6.45, 7) is 5.74. The molecule has 0 aromatic heterocycles. The maximum absolute atomic E-state index is 12.4. The van der Waals surface area contributed by atoms with Gasteiger partial charge >= 0.3 is 0 Å². The highest BCUT2D eigenvalue weighted by atomic mass is 35.5. The highest BCUT2D eigenvalue weighted by Gasteiger charge is 2.18. The van der Waals surface area contributed by atoms with Crippen LogP contribution >= 0.6 is 11.6 Å². The molecule has 2 N–H and O–H groups in total. The molecule has 0 spiro atoms. The van der Waals surface area contributed by atoms with Gasteiger partial charge in [0.1, 0.15) is 0 Å². The van der Waals surface area contributed by atoms with Crippen LogP contribution in [0.3, 0.4) is 0 Å². The Hall–Kier alpha value is -2.33. The quantitative estimate of drug-likeness (QED) is 0.830. The first kappa shape index (κ1) is 19.0. The molecule has 0 bridgehead atoms. The zero-order chi connectivity index (χ0) is 18.4. The van der Waals surface area contributed by atoms with Gasteiger partial charge in [0, 0.05) is 17.0 Å². The Morgan fingerprint density at radius 2 is 1.64 bits per heavy atom. The fourth-order valence-corrected chi connectivity index (χ4v) is 2.59. The third kappa shape index (κ3) is 5.91. The molecule has 0 saturated heterocycles. The predicted octanol–water partition coefficient (Wildman–Crippen LogP) is 4.44. The van der Waals surface area contributed by atoms with Gasteiger partial charge in [-0.1, -0.05) is 41.9 Å². The van der Waals surface area contributed by atoms with Crippen molar-refractivity contribution in [2.45, 2.75) is 39.2 Å². The summed E-state index contributed by atoms with van der Waals surface area (Å²) in [6.07, 6.45) is 0.834. The molecule has 2 aromatic rings. The van der Waals surface area contributed by atoms with Crippen LogP contribution in [-0.4, -0.2) is 17.4 Å². The molecular formula is C20H23ClN2O2. The van der Waals surface area contributed by atoms with Crippen LogP contribution in [-0.2, 0) is 11.2 Å². The van der Waals surface area contributed by atoms with Crippen LogP contribution in [0, 0.1) is 0 Å². The van der Waals surface area contributed by atoms with Crippen molar-refractivity contribution in [2.75, 3.05) is 5.32 Å². The minimum Gasteiger partial charge on any atom is -0.347 e. The number of aryl methyl sites for hydroxylation is 1. The summed E-state index contributed by atoms with van der Waals surface area (Å²) in [6, 6.07) is 14.5. The van der Waals surface area contributed by atoms with Crippen molar-refractivity contribution in [1.29, 1.82) is 0 Å². The van der Waals surface area contributed by atoms with Crippen molar-refractivity contribution in [3.63, 3.8) is 0 Å². The first-order valence-electron chi connectivity index (χ1n) is 8.21. The summed E-state index contributed by atoms with van der Waals surface area (Å²) in [5, 5.41) is 6.38. The number of carbonyl (C=O) groups excluding carboxylic acids is 2. The van der Waals surface area contributed by atoms with E-state index in [4.69, 9.17) is 11.6 Å². The Bertz CT molecular complexity index is 766. The zero-order valence-corrected chi connectivity index (χ0v) is 15.5. The molecule has 0 heterocycles. The molecule has 2 rings (SSSR count). The number of benzene rings is 2. The van der Waals surface area contributed by atoms with Gasteiger partial charge in [-0.3, -0.25) is 9.59 Å². The summed E-state index contributed by atoms with van der Waals surface area (Å²) in [5.41, 5.74) is 1.54. The number of hydrogen-bond acceptors (Lipinski definition) is 2. The smallest absolute Gasteiger partial charge is 0.253 e. The first-order valence-corrected chi connectivity index (χ1v) is 8.59. The van der Waals surface area contributed by atoms with E-state index < -0.39 is 0 Å². The monoisotopic (exact) mass is 358 g/mol. The third-order valence-corrected chi connectivity index (χ3v) is 3.88. The molecule has 0 aliphatic carbocycles. The number of halogens is 1. The summed E-state index contributed by atoms with van der Waals surface area (Å²) in [7, 11) is 0. The second-order valence-corrected chi connectivity index (χ2v) is 7.30. The van der Waals surface area contributed by atoms with Crippen LogP contribution in [0.2, 0.25) is 5.02 Å². The van der Waals surface area contributed by atoms with Gasteiger partial charge in [0.25, 0.3) is 5.91 Å². The van der Waals surface area contributed by atoms with Gasteiger partial charge in [-0.25, -0.2) is 0 Å². The zero-order valence-electron chi connectivity index (χ0n) is 14.7. The molecule has 4 nitrogen and oxygen atoms in total. The van der Waals surface area contributed by atoms with Gasteiger partial charge in [-0.05, 0) is 51.0 Å². The summed E-state index contributed by atoms with van der Waals surface area (Å²) < 4.78 is 0. The standard InChI is InChI=1S/C20H23ClN2O2/c1-20(2,3)23-19(25)15-9-5-7-11-17(15)22-18(24)13-12-14-8-4-6-10-16(14)21/h4-11H,12-13H2,1-3H3,(H,22,24)(H,23,25). The summed E-state index contributed by atoms with van der Waals surface area (Å²) >= 11 is 6.11. The van der Waals surface area contributed by atoms with E-state index in [0.29, 0.717) is 29.1 Å². The van der Waals surface area contributed by atoms with Crippen molar-refractivity contribution in [3.05, 3.63) is 64.7 Å². The van der Waals surface area contributed by atoms with Crippen molar-refractivity contribution in [1.82, 2.24) is 5.32 Å². The molecule has 0 atom stereocenters. The second-order valence-electron chi connectivity index (χ2n) is 6.89. The number of carbonyl (C=O) groups is 2. The molecular weight excluding hydrogens is 336 g/mol. The minimum absolute atomic E-state index is 0.157. The molecule has 0 fully saturated rings. The molecule has 2 aromatic carbocycles. The summed E-state index contributed by atoms with van der Waals surface area (Å²) in [5.74, 6) is -0.370. The molecule has 132 valence electrons. The molecule has 25 heavy (non-hydrogen) atoms. The molecule has 5 heteroatoms. The van der Waals surface area contributed by atoms with E-state index in [1.54, 1.807) is 30.3 Å². The van der Waals surface area contributed by atoms with E-state index in [-0.39, 0.29) is 17.4 Å². The Labute approximate surface area is 153 Å². The Morgan fingerprint density at radius 1 is 1.00 bits per heavy atom. The van der Waals surface area contributed by atoms with Crippen LogP contribution < -0.4 is 10.6 Å². The lowest BCUT2D eigenvalue weighted by Crippen LogP contribution is -2.40. The lowest BCUT2D eigenvalue weighted by molar-refractivity contribution is -0.116. The van der Waals surface area contributed by atoms with Gasteiger partial charge in [0.05, 0.1) is 11.3 Å². The van der Waals surface area contributed by atoms with Crippen LogP contribution in [0.15, 0.2) is 48.5 Å². The maximum Gasteiger partial charge on any atom is 0.253 e. The van der Waals surface area contributed by atoms with Crippen molar-refractivity contribution >= 4 is 29.1 Å². The lowest BCUT2D eigenvalue weighted by atomic mass is 10.1. The van der Waals surface area contributed by atoms with Crippen molar-refractivity contribution < 1.29 is 9.59 Å². The predicted molar refractivity (Wildman–Crippen MR) is 102 cm³/mol. The van der Waals surface area contributed by atoms with Crippen LogP contribution in [0.5, 0.6) is 0 Å². The Morgan fingerprint density at radius 3 is 2.32 bits per heavy atom. The van der Waals surface area contributed by atoms with Gasteiger partial charge in [0.15, 0.2) is 0 Å². The number of hydrogen-bond donors (Lipinski definition) is 2. The maximum atomic E-state index is 12.4. The average molecular weight is 359 g/mol. The van der Waals surface area contributed by atoms with E-state index in [1.807, 2.05) is 39.0 Å². The number of rotatable bonds is 5. The highest BCUT2D eigenvalue weighted by Crippen LogP contribution is 2.19. The lowest BCUT2D eigenvalue weighted by Gasteiger charge is -2.21. The van der Waals surface area contributed by atoms with Crippen LogP contribution in [0.1, 0.15) is 43.1 Å². The van der Waals surface area contributed by atoms with E-state index in [1.165, 1.54) is 0 Å². The second kappa shape index (κ2) is 8.17. The number of amides is 2. The average Bonchev–Trinajstić information content (AvgIpc) is 2.53. The molecule has 0 unspecified atom stereocenters. The number of para-hydroxylation sites is 1. The number of anilines is 1. The normalized spacial score (nSPS) is 11.0. The SMILES string of the molecule is CC(C)(C)NC(=O)c1ccccc1NC(=O)CCc1ccccc1Cl. The molecule has 0 radical (unpaired) electrons. The summed E-state index contributed by atoms with van der Waals surface area (Å²) in [4.78, 5) is 24.7. The molecule has 0 aliphatic heterocycles. The third-order valence-electron chi connectivity index (χ3n) is 3.51. The van der Waals surface area contributed by atoms with Crippen molar-refractivity contribution in [2.24, 2.45) is 0 Å².